The normalized spacial score (nSPS) is 23.1. The maximum Gasteiger partial charge on any atom is 0.244 e. The third-order valence-corrected chi connectivity index (χ3v) is 4.70. The largest absolute Gasteiger partial charge is 0.339 e. The topological polar surface area (TPSA) is 69.9 Å². The highest BCUT2D eigenvalue weighted by molar-refractivity contribution is 5.99. The Bertz CT molecular complexity index is 573. The number of anilines is 1. The van der Waals surface area contributed by atoms with Gasteiger partial charge in [-0.25, -0.2) is 0 Å². The van der Waals surface area contributed by atoms with E-state index in [4.69, 9.17) is 5.73 Å². The average Bonchev–Trinajstić information content (AvgIpc) is 2.96. The highest BCUT2D eigenvalue weighted by atomic mass is 35.5. The lowest BCUT2D eigenvalue weighted by molar-refractivity contribution is -0.134. The molecule has 2 saturated heterocycles. The number of rotatable bonds is 3. The smallest absolute Gasteiger partial charge is 0.244 e. The number of carbonyl (C=O) groups is 2. The second kappa shape index (κ2) is 7.96. The van der Waals surface area contributed by atoms with E-state index in [-0.39, 0.29) is 30.3 Å². The van der Waals surface area contributed by atoms with Crippen molar-refractivity contribution in [3.63, 3.8) is 0 Å². The lowest BCUT2D eigenvalue weighted by Crippen LogP contribution is -2.56. The minimum absolute atomic E-state index is 0. The molecule has 2 fully saturated rings. The van der Waals surface area contributed by atoms with Gasteiger partial charge in [-0.15, -0.1) is 12.4 Å². The van der Waals surface area contributed by atoms with Crippen LogP contribution in [0.5, 0.6) is 0 Å². The zero-order chi connectivity index (χ0) is 16.4. The van der Waals surface area contributed by atoms with Crippen LogP contribution in [0.25, 0.3) is 0 Å². The van der Waals surface area contributed by atoms with Gasteiger partial charge in [-0.2, -0.15) is 0 Å². The molecule has 1 aromatic carbocycles. The average molecular weight is 353 g/mol. The van der Waals surface area contributed by atoms with E-state index < -0.39 is 6.04 Å². The van der Waals surface area contributed by atoms with E-state index in [0.29, 0.717) is 13.1 Å². The van der Waals surface area contributed by atoms with Crippen molar-refractivity contribution < 1.29 is 9.59 Å². The summed E-state index contributed by atoms with van der Waals surface area (Å²) in [5.41, 5.74) is 6.63. The molecule has 1 unspecified atom stereocenters. The molecule has 2 aliphatic heterocycles. The van der Waals surface area contributed by atoms with E-state index in [1.54, 1.807) is 11.8 Å². The van der Waals surface area contributed by atoms with E-state index in [9.17, 15) is 9.59 Å². The van der Waals surface area contributed by atoms with Crippen molar-refractivity contribution in [3.8, 4) is 0 Å². The molecule has 2 atom stereocenters. The fourth-order valence-electron chi connectivity index (χ4n) is 3.41. The van der Waals surface area contributed by atoms with Gasteiger partial charge in [-0.3, -0.25) is 14.5 Å². The van der Waals surface area contributed by atoms with Gasteiger partial charge < -0.3 is 15.5 Å². The number of halogens is 1. The Balaban J connectivity index is 0.00000208. The molecule has 0 saturated carbocycles. The number of hydrogen-bond donors (Lipinski definition) is 1. The summed E-state index contributed by atoms with van der Waals surface area (Å²) in [7, 11) is 0. The second-order valence-electron chi connectivity index (χ2n) is 6.28. The summed E-state index contributed by atoms with van der Waals surface area (Å²) in [5, 5.41) is 0. The molecule has 132 valence electrons. The summed E-state index contributed by atoms with van der Waals surface area (Å²) in [6.07, 6.45) is 0.842. The molecule has 0 bridgehead atoms. The summed E-state index contributed by atoms with van der Waals surface area (Å²) in [6, 6.07) is 9.28. The molecule has 24 heavy (non-hydrogen) atoms. The van der Waals surface area contributed by atoms with Crippen LogP contribution in [0.1, 0.15) is 13.3 Å². The highest BCUT2D eigenvalue weighted by Gasteiger charge is 2.38. The third kappa shape index (κ3) is 3.71. The van der Waals surface area contributed by atoms with E-state index >= 15 is 0 Å². The molecule has 0 aromatic heterocycles. The minimum atomic E-state index is -0.455. The molecule has 6 nitrogen and oxygen atoms in total. The van der Waals surface area contributed by atoms with Crippen molar-refractivity contribution in [2.24, 2.45) is 5.73 Å². The van der Waals surface area contributed by atoms with Crippen molar-refractivity contribution in [3.05, 3.63) is 30.3 Å². The Labute approximate surface area is 149 Å². The van der Waals surface area contributed by atoms with Crippen molar-refractivity contribution in [1.82, 2.24) is 9.80 Å². The molecule has 0 radical (unpaired) electrons. The Morgan fingerprint density at radius 2 is 1.75 bits per heavy atom. The summed E-state index contributed by atoms with van der Waals surface area (Å²) < 4.78 is 0. The van der Waals surface area contributed by atoms with Crippen LogP contribution in [0.2, 0.25) is 0 Å². The Kier molecular flexibility index (Phi) is 6.21. The number of benzene rings is 1. The zero-order valence-electron chi connectivity index (χ0n) is 13.9. The van der Waals surface area contributed by atoms with E-state index in [2.05, 4.69) is 4.90 Å². The molecule has 2 N–H and O–H groups in total. The molecule has 2 amide bonds. The van der Waals surface area contributed by atoms with Crippen molar-refractivity contribution in [2.75, 3.05) is 37.6 Å². The lowest BCUT2D eigenvalue weighted by atomic mass is 10.1. The summed E-state index contributed by atoms with van der Waals surface area (Å²) in [6.45, 7) is 5.24. The van der Waals surface area contributed by atoms with Crippen LogP contribution >= 0.6 is 12.4 Å². The summed E-state index contributed by atoms with van der Waals surface area (Å²) >= 11 is 0. The standard InChI is InChI=1S/C17H24N4O2.ClH/c1-13(18)16(22)20-11-9-19(10-12-20)15-7-8-21(17(15)23)14-5-3-2-4-6-14;/h2-6,13,15H,7-12,18H2,1H3;1H/t13-,15?;/m1./s1. The molecular weight excluding hydrogens is 328 g/mol. The quantitative estimate of drug-likeness (QED) is 0.869. The highest BCUT2D eigenvalue weighted by Crippen LogP contribution is 2.24. The molecular formula is C17H25ClN4O2. The van der Waals surface area contributed by atoms with Gasteiger partial charge in [-0.1, -0.05) is 18.2 Å². The predicted molar refractivity (Wildman–Crippen MR) is 96.3 cm³/mol. The van der Waals surface area contributed by atoms with Crippen LogP contribution in [0.15, 0.2) is 30.3 Å². The lowest BCUT2D eigenvalue weighted by Gasteiger charge is -2.37. The van der Waals surface area contributed by atoms with E-state index in [0.717, 1.165) is 31.7 Å². The number of para-hydroxylation sites is 1. The van der Waals surface area contributed by atoms with Gasteiger partial charge in [0.1, 0.15) is 0 Å². The van der Waals surface area contributed by atoms with Gasteiger partial charge in [-0.05, 0) is 25.5 Å². The first kappa shape index (κ1) is 18.7. The number of nitrogens with two attached hydrogens (primary N) is 1. The Morgan fingerprint density at radius 3 is 2.33 bits per heavy atom. The fourth-order valence-corrected chi connectivity index (χ4v) is 3.41. The number of amides is 2. The third-order valence-electron chi connectivity index (χ3n) is 4.70. The van der Waals surface area contributed by atoms with Crippen LogP contribution in [0.3, 0.4) is 0 Å². The summed E-state index contributed by atoms with van der Waals surface area (Å²) in [4.78, 5) is 30.5. The molecule has 2 aliphatic rings. The van der Waals surface area contributed by atoms with Gasteiger partial charge in [0, 0.05) is 38.4 Å². The molecule has 7 heteroatoms. The molecule has 2 heterocycles. The van der Waals surface area contributed by atoms with Crippen LogP contribution in [0.4, 0.5) is 5.69 Å². The van der Waals surface area contributed by atoms with Crippen LogP contribution < -0.4 is 10.6 Å². The van der Waals surface area contributed by atoms with Crippen molar-refractivity contribution >= 4 is 29.9 Å². The SMILES string of the molecule is C[C@@H](N)C(=O)N1CCN(C2CCN(c3ccccc3)C2=O)CC1.Cl. The van der Waals surface area contributed by atoms with Gasteiger partial charge in [0.25, 0.3) is 0 Å². The first-order valence-corrected chi connectivity index (χ1v) is 8.23. The van der Waals surface area contributed by atoms with Crippen LogP contribution in [-0.4, -0.2) is 66.4 Å². The van der Waals surface area contributed by atoms with E-state index in [1.807, 2.05) is 35.2 Å². The van der Waals surface area contributed by atoms with Gasteiger partial charge in [0.15, 0.2) is 0 Å². The molecule has 1 aromatic rings. The monoisotopic (exact) mass is 352 g/mol. The number of carbonyl (C=O) groups excluding carboxylic acids is 2. The maximum atomic E-state index is 12.7. The summed E-state index contributed by atoms with van der Waals surface area (Å²) in [5.74, 6) is 0.163. The maximum absolute atomic E-state index is 12.7. The van der Waals surface area contributed by atoms with Crippen molar-refractivity contribution in [1.29, 1.82) is 0 Å². The Morgan fingerprint density at radius 1 is 1.12 bits per heavy atom. The predicted octanol–water partition coefficient (Wildman–Crippen LogP) is 0.705. The first-order chi connectivity index (χ1) is 11.1. The van der Waals surface area contributed by atoms with Gasteiger partial charge in [0.2, 0.25) is 11.8 Å². The minimum Gasteiger partial charge on any atom is -0.339 e. The van der Waals surface area contributed by atoms with Gasteiger partial charge >= 0.3 is 0 Å². The molecule has 0 spiro atoms. The Hall–Kier alpha value is -1.63. The number of nitrogens with zero attached hydrogens (tertiary/aromatic N) is 3. The van der Waals surface area contributed by atoms with E-state index in [1.165, 1.54) is 0 Å². The van der Waals surface area contributed by atoms with Gasteiger partial charge in [0.05, 0.1) is 12.1 Å². The number of piperazine rings is 1. The second-order valence-corrected chi connectivity index (χ2v) is 6.28. The van der Waals surface area contributed by atoms with Crippen LogP contribution in [0, 0.1) is 0 Å². The van der Waals surface area contributed by atoms with Crippen LogP contribution in [-0.2, 0) is 9.59 Å². The molecule has 0 aliphatic carbocycles. The number of hydrogen-bond acceptors (Lipinski definition) is 4. The zero-order valence-corrected chi connectivity index (χ0v) is 14.7. The first-order valence-electron chi connectivity index (χ1n) is 8.23. The van der Waals surface area contributed by atoms with Crippen molar-refractivity contribution in [2.45, 2.75) is 25.4 Å². The molecule has 3 rings (SSSR count). The fraction of sp³-hybridized carbons (Fsp3) is 0.529.